The lowest BCUT2D eigenvalue weighted by Gasteiger charge is -2.11. The molecule has 12 rings (SSSR count). The van der Waals surface area contributed by atoms with E-state index < -0.39 is 0 Å². The van der Waals surface area contributed by atoms with Crippen LogP contribution in [0.25, 0.3) is 120 Å². The SMILES string of the molecule is c1ccc(-c2nc(-c3ccccc3)nc(-c3cccc4oc5cc(-c6cc(-c7cccc8oc9ccccc9c78)cc7sc8ccccc8c67)ccc5c34)n2)cc1. The molecule has 0 amide bonds. The fourth-order valence-corrected chi connectivity index (χ4v) is 9.53. The Hall–Kier alpha value is -7.41. The number of para-hydroxylation sites is 1. The van der Waals surface area contributed by atoms with Crippen LogP contribution in [0.15, 0.2) is 185 Å². The molecule has 0 N–H and O–H groups in total. The Labute approximate surface area is 330 Å². The molecular weight excluding hydrogens is 719 g/mol. The summed E-state index contributed by atoms with van der Waals surface area (Å²) < 4.78 is 15.5. The Morgan fingerprint density at radius 3 is 1.65 bits per heavy atom. The molecule has 0 atom stereocenters. The van der Waals surface area contributed by atoms with Crippen molar-refractivity contribution in [3.8, 4) is 56.4 Å². The lowest BCUT2D eigenvalue weighted by atomic mass is 9.92. The fourth-order valence-electron chi connectivity index (χ4n) is 8.36. The largest absolute Gasteiger partial charge is 0.456 e. The van der Waals surface area contributed by atoms with Gasteiger partial charge < -0.3 is 8.83 Å². The van der Waals surface area contributed by atoms with Crippen LogP contribution in [0, 0.1) is 0 Å². The monoisotopic (exact) mass is 747 g/mol. The molecule has 0 aliphatic heterocycles. The van der Waals surface area contributed by atoms with Gasteiger partial charge in [0.25, 0.3) is 0 Å². The number of benzene rings is 8. The maximum atomic E-state index is 6.72. The molecular formula is C51H29N3O2S. The summed E-state index contributed by atoms with van der Waals surface area (Å²) in [7, 11) is 0. The number of fused-ring (bicyclic) bond motifs is 9. The first-order valence-electron chi connectivity index (χ1n) is 18.9. The van der Waals surface area contributed by atoms with Crippen LogP contribution in [0.2, 0.25) is 0 Å². The first-order valence-corrected chi connectivity index (χ1v) is 19.7. The number of hydrogen-bond acceptors (Lipinski definition) is 6. The van der Waals surface area contributed by atoms with Crippen molar-refractivity contribution in [2.24, 2.45) is 0 Å². The quantitative estimate of drug-likeness (QED) is 0.175. The molecule has 0 spiro atoms. The zero-order valence-electron chi connectivity index (χ0n) is 30.3. The molecule has 0 aliphatic rings. The second kappa shape index (κ2) is 12.6. The minimum Gasteiger partial charge on any atom is -0.456 e. The van der Waals surface area contributed by atoms with Crippen molar-refractivity contribution >= 4 is 75.4 Å². The highest BCUT2D eigenvalue weighted by Crippen LogP contribution is 2.46. The number of furan rings is 2. The normalized spacial score (nSPS) is 11.9. The number of nitrogens with zero attached hydrogens (tertiary/aromatic N) is 3. The lowest BCUT2D eigenvalue weighted by molar-refractivity contribution is 0.668. The van der Waals surface area contributed by atoms with Gasteiger partial charge >= 0.3 is 0 Å². The number of hydrogen-bond donors (Lipinski definition) is 0. The smallest absolute Gasteiger partial charge is 0.164 e. The van der Waals surface area contributed by atoms with Crippen LogP contribution in [-0.2, 0) is 0 Å². The van der Waals surface area contributed by atoms with Crippen molar-refractivity contribution in [2.75, 3.05) is 0 Å². The van der Waals surface area contributed by atoms with Crippen molar-refractivity contribution in [3.63, 3.8) is 0 Å². The fraction of sp³-hybridized carbons (Fsp3) is 0. The molecule has 0 aliphatic carbocycles. The molecule has 6 heteroatoms. The van der Waals surface area contributed by atoms with Gasteiger partial charge in [0.05, 0.1) is 0 Å². The zero-order valence-corrected chi connectivity index (χ0v) is 31.1. The maximum absolute atomic E-state index is 6.72. The summed E-state index contributed by atoms with van der Waals surface area (Å²) in [5.74, 6) is 1.84. The molecule has 12 aromatic rings. The van der Waals surface area contributed by atoms with Gasteiger partial charge in [0, 0.05) is 58.4 Å². The van der Waals surface area contributed by atoms with Crippen molar-refractivity contribution in [2.45, 2.75) is 0 Å². The third-order valence-electron chi connectivity index (χ3n) is 10.9. The van der Waals surface area contributed by atoms with E-state index in [9.17, 15) is 0 Å². The molecule has 5 nitrogen and oxygen atoms in total. The zero-order chi connectivity index (χ0) is 37.5. The number of rotatable bonds is 5. The molecule has 0 fully saturated rings. The van der Waals surface area contributed by atoms with Crippen LogP contribution >= 0.6 is 11.3 Å². The van der Waals surface area contributed by atoms with Gasteiger partial charge in [-0.25, -0.2) is 15.0 Å². The minimum atomic E-state index is 0.597. The van der Waals surface area contributed by atoms with Crippen LogP contribution < -0.4 is 0 Å². The third kappa shape index (κ3) is 5.12. The molecule has 0 unspecified atom stereocenters. The molecule has 8 aromatic carbocycles. The van der Waals surface area contributed by atoms with Crippen LogP contribution in [0.3, 0.4) is 0 Å². The summed E-state index contributed by atoms with van der Waals surface area (Å²) in [6.07, 6.45) is 0. The molecule has 0 bridgehead atoms. The first kappa shape index (κ1) is 31.9. The molecule has 57 heavy (non-hydrogen) atoms. The van der Waals surface area contributed by atoms with Gasteiger partial charge in [-0.05, 0) is 70.8 Å². The van der Waals surface area contributed by atoms with Gasteiger partial charge in [0.1, 0.15) is 22.3 Å². The molecule has 4 heterocycles. The van der Waals surface area contributed by atoms with Crippen LogP contribution in [0.4, 0.5) is 0 Å². The molecule has 0 radical (unpaired) electrons. The van der Waals surface area contributed by atoms with E-state index in [0.717, 1.165) is 82.8 Å². The van der Waals surface area contributed by atoms with Crippen LogP contribution in [0.1, 0.15) is 0 Å². The predicted molar refractivity (Wildman–Crippen MR) is 234 cm³/mol. The van der Waals surface area contributed by atoms with E-state index in [1.165, 1.54) is 20.2 Å². The first-order chi connectivity index (χ1) is 28.2. The van der Waals surface area contributed by atoms with Crippen molar-refractivity contribution in [1.29, 1.82) is 0 Å². The summed E-state index contributed by atoms with van der Waals surface area (Å²) in [5.41, 5.74) is 10.6. The third-order valence-corrected chi connectivity index (χ3v) is 12.1. The van der Waals surface area contributed by atoms with Gasteiger partial charge in [0.15, 0.2) is 17.5 Å². The molecule has 0 saturated heterocycles. The van der Waals surface area contributed by atoms with E-state index >= 15 is 0 Å². The van der Waals surface area contributed by atoms with Gasteiger partial charge in [0.2, 0.25) is 0 Å². The number of thiophene rings is 1. The topological polar surface area (TPSA) is 65.0 Å². The highest BCUT2D eigenvalue weighted by Gasteiger charge is 2.21. The average Bonchev–Trinajstić information content (AvgIpc) is 3.97. The summed E-state index contributed by atoms with van der Waals surface area (Å²) in [6, 6.07) is 60.9. The summed E-state index contributed by atoms with van der Waals surface area (Å²) >= 11 is 1.83. The molecule has 266 valence electrons. The Bertz CT molecular complexity index is 3470. The van der Waals surface area contributed by atoms with Crippen molar-refractivity contribution < 1.29 is 8.83 Å². The van der Waals surface area contributed by atoms with Crippen LogP contribution in [0.5, 0.6) is 0 Å². The summed E-state index contributed by atoms with van der Waals surface area (Å²) in [4.78, 5) is 15.1. The molecule has 0 saturated carbocycles. The highest BCUT2D eigenvalue weighted by molar-refractivity contribution is 7.26. The van der Waals surface area contributed by atoms with Gasteiger partial charge in [-0.2, -0.15) is 0 Å². The Morgan fingerprint density at radius 1 is 0.316 bits per heavy atom. The lowest BCUT2D eigenvalue weighted by Crippen LogP contribution is -2.00. The van der Waals surface area contributed by atoms with E-state index in [4.69, 9.17) is 23.8 Å². The number of aromatic nitrogens is 3. The van der Waals surface area contributed by atoms with Gasteiger partial charge in [-0.3, -0.25) is 0 Å². The van der Waals surface area contributed by atoms with E-state index in [-0.39, 0.29) is 0 Å². The van der Waals surface area contributed by atoms with E-state index in [0.29, 0.717) is 17.5 Å². The standard InChI is InChI=1S/C51H29N3O2S/c1-3-13-30(14-4-1)49-52-50(31-15-5-2-6-16-31)54-51(53-49)38-20-12-23-42-47(38)36-26-25-32(28-43(36)56-42)39-27-33(29-45-48(39)37-18-8-10-24-44(37)57-45)34-19-11-22-41-46(34)35-17-7-9-21-40(35)55-41/h1-29H. The Balaban J connectivity index is 1.07. The van der Waals surface area contributed by atoms with Crippen molar-refractivity contribution in [1.82, 2.24) is 15.0 Å². The summed E-state index contributed by atoms with van der Waals surface area (Å²) in [6.45, 7) is 0. The second-order valence-corrected chi connectivity index (χ2v) is 15.4. The Kier molecular flexibility index (Phi) is 7.03. The van der Waals surface area contributed by atoms with Crippen LogP contribution in [-0.4, -0.2) is 15.0 Å². The Morgan fingerprint density at radius 2 is 0.895 bits per heavy atom. The predicted octanol–water partition coefficient (Wildman–Crippen LogP) is 14.4. The van der Waals surface area contributed by atoms with E-state index in [2.05, 4.69) is 91.0 Å². The second-order valence-electron chi connectivity index (χ2n) is 14.3. The van der Waals surface area contributed by atoms with E-state index in [1.54, 1.807) is 0 Å². The maximum Gasteiger partial charge on any atom is 0.164 e. The summed E-state index contributed by atoms with van der Waals surface area (Å²) in [5, 5.41) is 6.71. The molecule has 4 aromatic heterocycles. The highest BCUT2D eigenvalue weighted by atomic mass is 32.1. The van der Waals surface area contributed by atoms with E-state index in [1.807, 2.05) is 96.3 Å². The van der Waals surface area contributed by atoms with Gasteiger partial charge in [-0.15, -0.1) is 11.3 Å². The average molecular weight is 748 g/mol. The van der Waals surface area contributed by atoms with Gasteiger partial charge in [-0.1, -0.05) is 127 Å². The minimum absolute atomic E-state index is 0.597. The van der Waals surface area contributed by atoms with Crippen molar-refractivity contribution in [3.05, 3.63) is 176 Å².